The lowest BCUT2D eigenvalue weighted by Gasteiger charge is -2.21. The lowest BCUT2D eigenvalue weighted by molar-refractivity contribution is -0.125. The highest BCUT2D eigenvalue weighted by molar-refractivity contribution is 8.00. The van der Waals surface area contributed by atoms with E-state index in [4.69, 9.17) is 0 Å². The average Bonchev–Trinajstić information content (AvgIpc) is 3.12. The highest BCUT2D eigenvalue weighted by atomic mass is 32.2. The molecule has 0 spiro atoms. The smallest absolute Gasteiger partial charge is 0.223 e. The molecule has 1 fully saturated rings. The summed E-state index contributed by atoms with van der Waals surface area (Å²) in [6.07, 6.45) is 5.22. The molecule has 4 nitrogen and oxygen atoms in total. The molecule has 0 unspecified atom stereocenters. The molecule has 2 atom stereocenters. The summed E-state index contributed by atoms with van der Waals surface area (Å²) in [5.41, 5.74) is 2.36. The molecule has 2 heterocycles. The Morgan fingerprint density at radius 3 is 3.05 bits per heavy atom. The van der Waals surface area contributed by atoms with Gasteiger partial charge in [0.2, 0.25) is 5.91 Å². The fourth-order valence-electron chi connectivity index (χ4n) is 3.16. The molecular formula is C16H25N3OS. The molecule has 0 bridgehead atoms. The molecule has 0 radical (unpaired) electrons. The zero-order valence-corrected chi connectivity index (χ0v) is 13.8. The molecule has 1 saturated heterocycles. The van der Waals surface area contributed by atoms with Crippen molar-refractivity contribution in [3.05, 3.63) is 17.2 Å². The second-order valence-corrected chi connectivity index (χ2v) is 7.93. The maximum Gasteiger partial charge on any atom is 0.223 e. The largest absolute Gasteiger partial charge is 0.355 e. The van der Waals surface area contributed by atoms with Gasteiger partial charge < -0.3 is 10.3 Å². The Labute approximate surface area is 130 Å². The van der Waals surface area contributed by atoms with Gasteiger partial charge in [-0.3, -0.25) is 4.79 Å². The Morgan fingerprint density at radius 1 is 1.48 bits per heavy atom. The van der Waals surface area contributed by atoms with Crippen molar-refractivity contribution in [3.63, 3.8) is 0 Å². The number of H-pyrrole nitrogens is 1. The number of imidazole rings is 1. The van der Waals surface area contributed by atoms with E-state index in [2.05, 4.69) is 29.1 Å². The molecule has 116 valence electrons. The van der Waals surface area contributed by atoms with Gasteiger partial charge >= 0.3 is 0 Å². The van der Waals surface area contributed by atoms with Crippen molar-refractivity contribution in [1.29, 1.82) is 0 Å². The third-order valence-corrected chi connectivity index (χ3v) is 5.91. The Hall–Kier alpha value is -0.970. The molecule has 2 N–H and O–H groups in total. The van der Waals surface area contributed by atoms with E-state index < -0.39 is 0 Å². The van der Waals surface area contributed by atoms with E-state index in [9.17, 15) is 4.79 Å². The number of carbonyl (C=O) groups excluding carboxylic acids is 1. The van der Waals surface area contributed by atoms with Crippen LogP contribution in [0.4, 0.5) is 0 Å². The molecule has 1 aliphatic heterocycles. The summed E-state index contributed by atoms with van der Waals surface area (Å²) < 4.78 is 0. The van der Waals surface area contributed by atoms with Crippen molar-refractivity contribution in [2.75, 3.05) is 12.3 Å². The second kappa shape index (κ2) is 6.42. The number of amides is 1. The molecule has 1 aromatic heterocycles. The minimum absolute atomic E-state index is 0.115. The van der Waals surface area contributed by atoms with Gasteiger partial charge in [0, 0.05) is 35.7 Å². The fourth-order valence-corrected chi connectivity index (χ4v) is 4.37. The van der Waals surface area contributed by atoms with Crippen LogP contribution in [0.2, 0.25) is 0 Å². The number of rotatable bonds is 4. The van der Waals surface area contributed by atoms with Gasteiger partial charge in [-0.05, 0) is 31.4 Å². The number of carbonyl (C=O) groups is 1. The van der Waals surface area contributed by atoms with Crippen molar-refractivity contribution < 1.29 is 4.79 Å². The van der Waals surface area contributed by atoms with Gasteiger partial charge in [-0.15, -0.1) is 0 Å². The van der Waals surface area contributed by atoms with Crippen molar-refractivity contribution in [1.82, 2.24) is 15.3 Å². The Balaban J connectivity index is 1.56. The molecule has 21 heavy (non-hydrogen) atoms. The van der Waals surface area contributed by atoms with Crippen LogP contribution in [0.1, 0.15) is 56.2 Å². The predicted octanol–water partition coefficient (Wildman–Crippen LogP) is 2.65. The molecule has 3 rings (SSSR count). The molecule has 0 saturated carbocycles. The summed E-state index contributed by atoms with van der Waals surface area (Å²) in [6.45, 7) is 5.13. The van der Waals surface area contributed by atoms with Crippen LogP contribution in [0.5, 0.6) is 0 Å². The number of thioether (sulfide) groups is 1. The summed E-state index contributed by atoms with van der Waals surface area (Å²) in [5.74, 6) is 3.07. The summed E-state index contributed by atoms with van der Waals surface area (Å²) >= 11 is 2.00. The molecule has 5 heteroatoms. The van der Waals surface area contributed by atoms with Gasteiger partial charge in [-0.1, -0.05) is 13.8 Å². The van der Waals surface area contributed by atoms with Gasteiger partial charge in [0.05, 0.1) is 5.69 Å². The van der Waals surface area contributed by atoms with Crippen LogP contribution in [0.25, 0.3) is 0 Å². The monoisotopic (exact) mass is 307 g/mol. The summed E-state index contributed by atoms with van der Waals surface area (Å²) in [4.78, 5) is 20.4. The topological polar surface area (TPSA) is 57.8 Å². The predicted molar refractivity (Wildman–Crippen MR) is 86.7 cm³/mol. The first-order valence-electron chi connectivity index (χ1n) is 8.10. The van der Waals surface area contributed by atoms with Crippen LogP contribution in [0.15, 0.2) is 0 Å². The van der Waals surface area contributed by atoms with Crippen LogP contribution >= 0.6 is 11.8 Å². The van der Waals surface area contributed by atoms with E-state index >= 15 is 0 Å². The summed E-state index contributed by atoms with van der Waals surface area (Å²) in [5, 5.41) is 3.79. The van der Waals surface area contributed by atoms with Crippen LogP contribution < -0.4 is 5.32 Å². The number of fused-ring (bicyclic) bond motifs is 1. The van der Waals surface area contributed by atoms with Gasteiger partial charge in [0.15, 0.2) is 0 Å². The summed E-state index contributed by atoms with van der Waals surface area (Å²) in [6, 6.07) is 0. The quantitative estimate of drug-likeness (QED) is 0.899. The number of aromatic amines is 1. The third kappa shape index (κ3) is 3.44. The molecule has 1 amide bonds. The number of nitrogens with zero attached hydrogens (tertiary/aromatic N) is 1. The van der Waals surface area contributed by atoms with Crippen molar-refractivity contribution >= 4 is 17.7 Å². The van der Waals surface area contributed by atoms with Gasteiger partial charge in [-0.2, -0.15) is 11.8 Å². The third-order valence-electron chi connectivity index (χ3n) is 4.51. The maximum atomic E-state index is 12.4. The highest BCUT2D eigenvalue weighted by Crippen LogP contribution is 2.27. The number of hydrogen-bond acceptors (Lipinski definition) is 3. The first-order valence-corrected chi connectivity index (χ1v) is 9.15. The minimum Gasteiger partial charge on any atom is -0.355 e. The van der Waals surface area contributed by atoms with Crippen molar-refractivity contribution in [2.24, 2.45) is 5.92 Å². The van der Waals surface area contributed by atoms with Crippen molar-refractivity contribution in [2.45, 2.75) is 57.1 Å². The number of hydrogen-bond donors (Lipinski definition) is 2. The Bertz CT molecular complexity index is 506. The Kier molecular flexibility index (Phi) is 4.57. The molecule has 2 aliphatic rings. The van der Waals surface area contributed by atoms with E-state index in [0.29, 0.717) is 11.2 Å². The number of aromatic nitrogens is 2. The number of nitrogens with one attached hydrogen (secondary N) is 2. The lowest BCUT2D eigenvalue weighted by atomic mass is 9.89. The van der Waals surface area contributed by atoms with Crippen molar-refractivity contribution in [3.8, 4) is 0 Å². The van der Waals surface area contributed by atoms with Gasteiger partial charge in [-0.25, -0.2) is 4.98 Å². The van der Waals surface area contributed by atoms with Gasteiger partial charge in [0.1, 0.15) is 5.82 Å². The lowest BCUT2D eigenvalue weighted by Crippen LogP contribution is -2.37. The molecule has 1 aromatic rings. The van der Waals surface area contributed by atoms with E-state index in [1.807, 2.05) is 11.8 Å². The SMILES string of the molecule is CC(C)c1nc2c([nH]1)C[C@@H](C(=O)NC[C@H]1CCCS1)CC2. The zero-order valence-electron chi connectivity index (χ0n) is 12.9. The van der Waals surface area contributed by atoms with Crippen LogP contribution in [-0.2, 0) is 17.6 Å². The standard InChI is InChI=1S/C16H25N3OS/c1-10(2)15-18-13-6-5-11(8-14(13)19-15)16(20)17-9-12-4-3-7-21-12/h10-12H,3-9H2,1-2H3,(H,17,20)(H,18,19)/t11-,12+/m0/s1. The van der Waals surface area contributed by atoms with E-state index in [1.165, 1.54) is 30.0 Å². The van der Waals surface area contributed by atoms with E-state index in [0.717, 1.165) is 31.6 Å². The normalized spacial score (nSPS) is 25.1. The van der Waals surface area contributed by atoms with Crippen LogP contribution in [0, 0.1) is 5.92 Å². The Morgan fingerprint density at radius 2 is 2.33 bits per heavy atom. The summed E-state index contributed by atoms with van der Waals surface area (Å²) in [7, 11) is 0. The zero-order chi connectivity index (χ0) is 14.8. The first-order chi connectivity index (χ1) is 10.1. The fraction of sp³-hybridized carbons (Fsp3) is 0.750. The molecule has 1 aliphatic carbocycles. The van der Waals surface area contributed by atoms with E-state index in [1.54, 1.807) is 0 Å². The molecule has 0 aromatic carbocycles. The first kappa shape index (κ1) is 14.9. The van der Waals surface area contributed by atoms with E-state index in [-0.39, 0.29) is 11.8 Å². The minimum atomic E-state index is 0.115. The van der Waals surface area contributed by atoms with Crippen LogP contribution in [-0.4, -0.2) is 33.4 Å². The average molecular weight is 307 g/mol. The van der Waals surface area contributed by atoms with Crippen LogP contribution in [0.3, 0.4) is 0 Å². The highest BCUT2D eigenvalue weighted by Gasteiger charge is 2.28. The number of aryl methyl sites for hydroxylation is 1. The van der Waals surface area contributed by atoms with Gasteiger partial charge in [0.25, 0.3) is 0 Å². The maximum absolute atomic E-state index is 12.4. The molecular weight excluding hydrogens is 282 g/mol. The second-order valence-electron chi connectivity index (χ2n) is 6.52.